The molecule has 0 spiro atoms. The van der Waals surface area contributed by atoms with Crippen molar-refractivity contribution in [3.05, 3.63) is 59.2 Å². The van der Waals surface area contributed by atoms with Gasteiger partial charge in [-0.15, -0.1) is 0 Å². The van der Waals surface area contributed by atoms with Crippen LogP contribution in [0.1, 0.15) is 26.5 Å². The molecule has 4 amide bonds. The van der Waals surface area contributed by atoms with Crippen LogP contribution in [0.25, 0.3) is 11.3 Å². The number of imidazole rings is 1. The number of carbonyl (C=O) groups excluding carboxylic acids is 3. The molecule has 3 heterocycles. The first-order chi connectivity index (χ1) is 19.2. The molecule has 4 rings (SSSR count). The van der Waals surface area contributed by atoms with Gasteiger partial charge < -0.3 is 19.7 Å². The van der Waals surface area contributed by atoms with Gasteiger partial charge in [-0.25, -0.2) is 18.7 Å². The maximum Gasteiger partial charge on any atom is 0.418 e. The topological polar surface area (TPSA) is 104 Å². The third-order valence-corrected chi connectivity index (χ3v) is 6.93. The van der Waals surface area contributed by atoms with E-state index in [1.54, 1.807) is 49.0 Å². The van der Waals surface area contributed by atoms with E-state index >= 15 is 0 Å². The van der Waals surface area contributed by atoms with Crippen LogP contribution in [0.4, 0.5) is 25.1 Å². The van der Waals surface area contributed by atoms with E-state index in [0.29, 0.717) is 43.0 Å². The van der Waals surface area contributed by atoms with Gasteiger partial charge in [0.1, 0.15) is 0 Å². The summed E-state index contributed by atoms with van der Waals surface area (Å²) < 4.78 is 30.7. The molecule has 41 heavy (non-hydrogen) atoms. The number of halogens is 2. The van der Waals surface area contributed by atoms with E-state index in [1.165, 1.54) is 22.7 Å². The van der Waals surface area contributed by atoms with E-state index in [0.717, 1.165) is 6.07 Å². The summed E-state index contributed by atoms with van der Waals surface area (Å²) >= 11 is 0. The summed E-state index contributed by atoms with van der Waals surface area (Å²) in [4.78, 5) is 51.4. The number of nitrogens with zero attached hydrogens (tertiary/aromatic N) is 7. The van der Waals surface area contributed by atoms with Crippen molar-refractivity contribution in [3.63, 3.8) is 0 Å². The summed E-state index contributed by atoms with van der Waals surface area (Å²) in [5, 5.41) is 2.75. The summed E-state index contributed by atoms with van der Waals surface area (Å²) in [6.45, 7) is 3.57. The lowest BCUT2D eigenvalue weighted by atomic mass is 10.1. The van der Waals surface area contributed by atoms with Gasteiger partial charge in [0.25, 0.3) is 11.8 Å². The highest BCUT2D eigenvalue weighted by molar-refractivity contribution is 6.03. The number of hydrogen-bond acceptors (Lipinski definition) is 6. The smallest absolute Gasteiger partial charge is 0.360 e. The van der Waals surface area contributed by atoms with E-state index in [-0.39, 0.29) is 39.3 Å². The minimum Gasteiger partial charge on any atom is -0.360 e. The number of quaternary nitrogens is 1. The van der Waals surface area contributed by atoms with E-state index < -0.39 is 17.7 Å². The predicted molar refractivity (Wildman–Crippen MR) is 151 cm³/mol. The van der Waals surface area contributed by atoms with E-state index in [1.807, 2.05) is 21.1 Å². The Morgan fingerprint density at radius 2 is 1.63 bits per heavy atom. The largest absolute Gasteiger partial charge is 0.418 e. The van der Waals surface area contributed by atoms with Crippen molar-refractivity contribution < 1.29 is 27.6 Å². The summed E-state index contributed by atoms with van der Waals surface area (Å²) in [6.07, 6.45) is 1.28. The molecule has 0 atom stereocenters. The number of aryl methyl sites for hydroxylation is 1. The van der Waals surface area contributed by atoms with Crippen LogP contribution in [0.15, 0.2) is 30.5 Å². The first-order valence-corrected chi connectivity index (χ1v) is 13.1. The molecular weight excluding hydrogens is 534 g/mol. The molecular formula is C28H35F2N8O3+. The monoisotopic (exact) mass is 569 g/mol. The van der Waals surface area contributed by atoms with Crippen molar-refractivity contribution in [2.75, 3.05) is 71.6 Å². The quantitative estimate of drug-likeness (QED) is 0.375. The molecule has 1 aliphatic heterocycles. The minimum atomic E-state index is -0.887. The Bertz CT molecular complexity index is 1500. The molecule has 218 valence electrons. The van der Waals surface area contributed by atoms with Crippen LogP contribution in [0, 0.1) is 18.7 Å². The van der Waals surface area contributed by atoms with Crippen molar-refractivity contribution in [2.45, 2.75) is 6.92 Å². The fourth-order valence-electron chi connectivity index (χ4n) is 4.69. The third kappa shape index (κ3) is 6.04. The van der Waals surface area contributed by atoms with Gasteiger partial charge in [-0.3, -0.25) is 14.5 Å². The van der Waals surface area contributed by atoms with Gasteiger partial charge in [-0.2, -0.15) is 9.37 Å². The Labute approximate surface area is 237 Å². The van der Waals surface area contributed by atoms with Crippen LogP contribution in [0.5, 0.6) is 0 Å². The fraction of sp³-hybridized carbons (Fsp3) is 0.393. The summed E-state index contributed by atoms with van der Waals surface area (Å²) in [6, 6.07) is 5.99. The lowest BCUT2D eigenvalue weighted by Crippen LogP contribution is -2.57. The van der Waals surface area contributed by atoms with E-state index in [4.69, 9.17) is 0 Å². The van der Waals surface area contributed by atoms with Gasteiger partial charge >= 0.3 is 6.03 Å². The first-order valence-electron chi connectivity index (χ1n) is 13.1. The molecule has 0 bridgehead atoms. The molecule has 1 aliphatic rings. The average molecular weight is 570 g/mol. The Hall–Kier alpha value is -4.39. The number of rotatable bonds is 5. The van der Waals surface area contributed by atoms with Gasteiger partial charge in [0.05, 0.1) is 38.6 Å². The van der Waals surface area contributed by atoms with Gasteiger partial charge in [0.15, 0.2) is 17.5 Å². The second kappa shape index (κ2) is 11.2. The van der Waals surface area contributed by atoms with E-state index in [2.05, 4.69) is 15.3 Å². The lowest BCUT2D eigenvalue weighted by Gasteiger charge is -2.37. The first kappa shape index (κ1) is 29.6. The van der Waals surface area contributed by atoms with Crippen LogP contribution in [-0.2, 0) is 7.05 Å². The zero-order valence-corrected chi connectivity index (χ0v) is 24.3. The Morgan fingerprint density at radius 3 is 2.22 bits per heavy atom. The molecule has 1 saturated heterocycles. The SMILES string of the molecule is Cc1cc(NC(=O)c2ncc(-c3cc(F)c(N(C)C)nc3F)n2C)ccc1C(=O)N1CCN(C(=O)[N+](C)(C)C)CC1. The predicted octanol–water partition coefficient (Wildman–Crippen LogP) is 2.97. The number of amides is 4. The molecule has 1 fully saturated rings. The van der Waals surface area contributed by atoms with Gasteiger partial charge in [-0.05, 0) is 36.8 Å². The third-order valence-electron chi connectivity index (χ3n) is 6.93. The minimum absolute atomic E-state index is 0.00408. The Kier molecular flexibility index (Phi) is 8.11. The van der Waals surface area contributed by atoms with Crippen LogP contribution in [0.2, 0.25) is 0 Å². The highest BCUT2D eigenvalue weighted by Gasteiger charge is 2.32. The molecule has 0 saturated carbocycles. The molecule has 1 aromatic carbocycles. The van der Waals surface area contributed by atoms with Crippen LogP contribution in [-0.4, -0.2) is 108 Å². The number of carbonyl (C=O) groups is 3. The van der Waals surface area contributed by atoms with Gasteiger partial charge in [-0.1, -0.05) is 0 Å². The van der Waals surface area contributed by atoms with Gasteiger partial charge in [0.2, 0.25) is 5.95 Å². The number of pyridine rings is 1. The summed E-state index contributed by atoms with van der Waals surface area (Å²) in [7, 11) is 10.1. The highest BCUT2D eigenvalue weighted by Crippen LogP contribution is 2.27. The Morgan fingerprint density at radius 1 is 1.00 bits per heavy atom. The van der Waals surface area contributed by atoms with Crippen molar-refractivity contribution in [2.24, 2.45) is 7.05 Å². The van der Waals surface area contributed by atoms with Crippen molar-refractivity contribution in [1.82, 2.24) is 24.3 Å². The number of hydrogen-bond donors (Lipinski definition) is 1. The second-order valence-electron chi connectivity index (χ2n) is 11.1. The zero-order chi connectivity index (χ0) is 30.2. The summed E-state index contributed by atoms with van der Waals surface area (Å²) in [5.41, 5.74) is 1.68. The maximum atomic E-state index is 14.7. The van der Waals surface area contributed by atoms with Crippen LogP contribution >= 0.6 is 0 Å². The maximum absolute atomic E-state index is 14.7. The van der Waals surface area contributed by atoms with Gasteiger partial charge in [0, 0.05) is 58.6 Å². The zero-order valence-electron chi connectivity index (χ0n) is 24.3. The molecule has 3 aromatic rings. The standard InChI is InChI=1S/C28H34F2N8O3/c1-17-14-18(8-9-19(17)27(40)36-10-12-37(13-11-36)28(41)38(5,6)7)32-26(39)25-31-16-22(35(25)4)20-15-21(29)24(34(2)3)33-23(20)30/h8-9,14-16H,10-13H2,1-7H3/p+1. The number of urea groups is 1. The van der Waals surface area contributed by atoms with E-state index in [9.17, 15) is 23.2 Å². The molecule has 0 unspecified atom stereocenters. The van der Waals surface area contributed by atoms with Crippen LogP contribution < -0.4 is 10.2 Å². The normalized spacial score (nSPS) is 13.8. The van der Waals surface area contributed by atoms with Crippen LogP contribution in [0.3, 0.4) is 0 Å². The molecule has 13 heteroatoms. The second-order valence-corrected chi connectivity index (χ2v) is 11.1. The number of benzene rings is 1. The molecule has 0 radical (unpaired) electrons. The molecule has 1 N–H and O–H groups in total. The average Bonchev–Trinajstić information content (AvgIpc) is 3.29. The molecule has 11 nitrogen and oxygen atoms in total. The lowest BCUT2D eigenvalue weighted by molar-refractivity contribution is -0.790. The number of piperazine rings is 1. The van der Waals surface area contributed by atoms with Crippen molar-refractivity contribution in [3.8, 4) is 11.3 Å². The Balaban J connectivity index is 1.45. The number of anilines is 2. The summed E-state index contributed by atoms with van der Waals surface area (Å²) in [5.74, 6) is -2.45. The number of aromatic nitrogens is 3. The fourth-order valence-corrected chi connectivity index (χ4v) is 4.69. The molecule has 0 aliphatic carbocycles. The van der Waals surface area contributed by atoms with Crippen molar-refractivity contribution in [1.29, 1.82) is 0 Å². The number of nitrogens with one attached hydrogen (secondary N) is 1. The molecule has 2 aromatic heterocycles. The highest BCUT2D eigenvalue weighted by atomic mass is 19.1. The van der Waals surface area contributed by atoms with Crippen molar-refractivity contribution >= 4 is 29.4 Å².